The molecule has 0 saturated carbocycles. The van der Waals surface area contributed by atoms with Crippen LogP contribution >= 0.6 is 0 Å². The fraction of sp³-hybridized carbons (Fsp3) is 0.167. The predicted molar refractivity (Wildman–Crippen MR) is 96.0 cm³/mol. The van der Waals surface area contributed by atoms with Gasteiger partial charge in [-0.15, -0.1) is 0 Å². The number of halogens is 1. The van der Waals surface area contributed by atoms with Crippen molar-refractivity contribution in [3.05, 3.63) is 89.0 Å². The quantitative estimate of drug-likeness (QED) is 0.664. The van der Waals surface area contributed by atoms with Crippen molar-refractivity contribution in [3.8, 4) is 0 Å². The van der Waals surface area contributed by atoms with E-state index in [1.54, 1.807) is 0 Å². The summed E-state index contributed by atoms with van der Waals surface area (Å²) < 4.78 is 33.5. The second-order valence-electron chi connectivity index (χ2n) is 5.43. The van der Waals surface area contributed by atoms with E-state index in [-0.39, 0.29) is 12.5 Å². The molecule has 8 heteroatoms. The number of benzene rings is 2. The molecule has 1 unspecified atom stereocenters. The van der Waals surface area contributed by atoms with Gasteiger partial charge in [-0.05, 0) is 11.1 Å². The highest BCUT2D eigenvalue weighted by Gasteiger charge is 2.18. The summed E-state index contributed by atoms with van der Waals surface area (Å²) >= 11 is -2.36. The van der Waals surface area contributed by atoms with Gasteiger partial charge in [0.1, 0.15) is 12.4 Å². The number of hydrogen-bond donors (Lipinski definition) is 2. The molecule has 0 aliphatic rings. The number of nitrogens with two attached hydrogens (primary N) is 1. The minimum Gasteiger partial charge on any atom is -0.760 e. The SMILES string of the molecule is NS(=O)[O-].OCn1nc(Cc2ccccc2)c(F)c1Cc1ccccc1. The molecule has 0 aliphatic heterocycles. The van der Waals surface area contributed by atoms with Gasteiger partial charge < -0.3 is 9.66 Å². The van der Waals surface area contributed by atoms with Gasteiger partial charge >= 0.3 is 0 Å². The second-order valence-corrected chi connectivity index (χ2v) is 5.95. The lowest BCUT2D eigenvalue weighted by Crippen LogP contribution is -2.06. The monoisotopic (exact) mass is 376 g/mol. The zero-order chi connectivity index (χ0) is 18.9. The molecule has 3 aromatic rings. The van der Waals surface area contributed by atoms with E-state index in [0.717, 1.165) is 11.1 Å². The van der Waals surface area contributed by atoms with Gasteiger partial charge in [-0.1, -0.05) is 60.7 Å². The van der Waals surface area contributed by atoms with Gasteiger partial charge in [-0.25, -0.2) is 9.07 Å². The first-order valence-corrected chi connectivity index (χ1v) is 8.91. The average Bonchev–Trinajstić information content (AvgIpc) is 2.92. The van der Waals surface area contributed by atoms with E-state index >= 15 is 0 Å². The smallest absolute Gasteiger partial charge is 0.168 e. The molecule has 0 aliphatic carbocycles. The van der Waals surface area contributed by atoms with E-state index in [2.05, 4.69) is 10.2 Å². The van der Waals surface area contributed by atoms with Gasteiger partial charge in [0, 0.05) is 24.1 Å². The van der Waals surface area contributed by atoms with Crippen molar-refractivity contribution in [3.63, 3.8) is 0 Å². The van der Waals surface area contributed by atoms with E-state index in [1.807, 2.05) is 60.7 Å². The Morgan fingerprint density at radius 2 is 1.50 bits per heavy atom. The highest BCUT2D eigenvalue weighted by molar-refractivity contribution is 7.76. The Morgan fingerprint density at radius 1 is 1.04 bits per heavy atom. The lowest BCUT2D eigenvalue weighted by Gasteiger charge is -2.04. The third kappa shape index (κ3) is 5.85. The molecule has 3 N–H and O–H groups in total. The van der Waals surface area contributed by atoms with Crippen molar-refractivity contribution < 1.29 is 18.3 Å². The van der Waals surface area contributed by atoms with Crippen LogP contribution in [0.15, 0.2) is 60.7 Å². The lowest BCUT2D eigenvalue weighted by molar-refractivity contribution is 0.190. The molecular formula is C18H19FN3O3S-. The molecule has 1 atom stereocenters. The van der Waals surface area contributed by atoms with Gasteiger partial charge in [0.05, 0.1) is 5.69 Å². The van der Waals surface area contributed by atoms with Crippen LogP contribution in [0.25, 0.3) is 0 Å². The molecule has 0 amide bonds. The molecule has 6 nitrogen and oxygen atoms in total. The van der Waals surface area contributed by atoms with E-state index in [9.17, 15) is 9.50 Å². The normalized spacial score (nSPS) is 11.5. The van der Waals surface area contributed by atoms with Crippen molar-refractivity contribution in [2.24, 2.45) is 5.14 Å². The molecule has 0 spiro atoms. The number of rotatable bonds is 5. The minimum atomic E-state index is -2.36. The molecule has 1 heterocycles. The third-order valence-corrected chi connectivity index (χ3v) is 3.62. The Bertz CT molecular complexity index is 838. The van der Waals surface area contributed by atoms with Gasteiger partial charge in [-0.3, -0.25) is 9.35 Å². The average molecular weight is 376 g/mol. The van der Waals surface area contributed by atoms with Crippen LogP contribution in [-0.2, 0) is 30.8 Å². The summed E-state index contributed by atoms with van der Waals surface area (Å²) in [5.41, 5.74) is 2.77. The maximum Gasteiger partial charge on any atom is 0.168 e. The fourth-order valence-corrected chi connectivity index (χ4v) is 2.51. The zero-order valence-corrected chi connectivity index (χ0v) is 14.7. The zero-order valence-electron chi connectivity index (χ0n) is 13.9. The Hall–Kier alpha value is -2.39. The molecule has 26 heavy (non-hydrogen) atoms. The highest BCUT2D eigenvalue weighted by atomic mass is 32.2. The van der Waals surface area contributed by atoms with Crippen LogP contribution in [0.4, 0.5) is 4.39 Å². The summed E-state index contributed by atoms with van der Waals surface area (Å²) in [5.74, 6) is -0.332. The van der Waals surface area contributed by atoms with Crippen LogP contribution in [0, 0.1) is 5.82 Å². The van der Waals surface area contributed by atoms with Crippen LogP contribution < -0.4 is 5.14 Å². The van der Waals surface area contributed by atoms with Crippen LogP contribution in [-0.4, -0.2) is 23.6 Å². The van der Waals surface area contributed by atoms with Gasteiger partial charge in [-0.2, -0.15) is 5.10 Å². The third-order valence-electron chi connectivity index (χ3n) is 3.62. The number of aromatic nitrogens is 2. The van der Waals surface area contributed by atoms with E-state index in [0.29, 0.717) is 24.2 Å². The van der Waals surface area contributed by atoms with Crippen molar-refractivity contribution in [2.45, 2.75) is 19.6 Å². The summed E-state index contributed by atoms with van der Waals surface area (Å²) in [6.07, 6.45) is 0.830. The summed E-state index contributed by atoms with van der Waals surface area (Å²) in [4.78, 5) is 0. The van der Waals surface area contributed by atoms with Crippen LogP contribution in [0.1, 0.15) is 22.5 Å². The number of aliphatic hydroxyl groups is 1. The minimum absolute atomic E-state index is 0.326. The molecule has 2 aromatic carbocycles. The fourth-order valence-electron chi connectivity index (χ4n) is 2.51. The van der Waals surface area contributed by atoms with E-state index in [1.165, 1.54) is 4.68 Å². The maximum atomic E-state index is 14.7. The van der Waals surface area contributed by atoms with Crippen LogP contribution in [0.2, 0.25) is 0 Å². The van der Waals surface area contributed by atoms with Crippen molar-refractivity contribution in [2.75, 3.05) is 0 Å². The van der Waals surface area contributed by atoms with Crippen molar-refractivity contribution in [1.82, 2.24) is 9.78 Å². The Balaban J connectivity index is 0.000000552. The molecule has 1 aromatic heterocycles. The largest absolute Gasteiger partial charge is 0.760 e. The van der Waals surface area contributed by atoms with Gasteiger partial charge in [0.25, 0.3) is 0 Å². The van der Waals surface area contributed by atoms with E-state index in [4.69, 9.17) is 8.76 Å². The first-order chi connectivity index (χ1) is 12.5. The van der Waals surface area contributed by atoms with Crippen molar-refractivity contribution in [1.29, 1.82) is 0 Å². The summed E-state index contributed by atoms with van der Waals surface area (Å²) in [6, 6.07) is 19.3. The van der Waals surface area contributed by atoms with Gasteiger partial charge in [0.2, 0.25) is 0 Å². The second kappa shape index (κ2) is 9.93. The van der Waals surface area contributed by atoms with Gasteiger partial charge in [0.15, 0.2) is 5.82 Å². The molecule has 3 rings (SSSR count). The number of aliphatic hydroxyl groups excluding tert-OH is 1. The summed E-state index contributed by atoms with van der Waals surface area (Å²) in [6.45, 7) is -0.326. The van der Waals surface area contributed by atoms with Crippen molar-refractivity contribution >= 4 is 11.3 Å². The Labute approximate surface area is 153 Å². The van der Waals surface area contributed by atoms with Crippen LogP contribution in [0.3, 0.4) is 0 Å². The standard InChI is InChI=1S/C18H17FN2O.H3NO2S/c19-18-16(11-14-7-3-1-4-8-14)20-21(13-22)17(18)12-15-9-5-2-6-10-15;1-4(2)3/h1-10,22H,11-13H2;1H2,(H,2,3)/p-1. The predicted octanol–water partition coefficient (Wildman–Crippen LogP) is 1.89. The molecule has 0 saturated heterocycles. The molecule has 0 bridgehead atoms. The number of nitrogens with zero attached hydrogens (tertiary/aromatic N) is 2. The first-order valence-electron chi connectivity index (χ1n) is 7.77. The van der Waals surface area contributed by atoms with E-state index < -0.39 is 11.3 Å². The Morgan fingerprint density at radius 3 is 1.96 bits per heavy atom. The Kier molecular flexibility index (Phi) is 7.61. The topological polar surface area (TPSA) is 104 Å². The highest BCUT2D eigenvalue weighted by Crippen LogP contribution is 2.19. The molecule has 0 fully saturated rings. The maximum absolute atomic E-state index is 14.7. The molecule has 138 valence electrons. The number of hydrogen-bond acceptors (Lipinski definition) is 4. The molecule has 0 radical (unpaired) electrons. The summed E-state index contributed by atoms with van der Waals surface area (Å²) in [7, 11) is 0. The molecular weight excluding hydrogens is 357 g/mol. The first kappa shape index (κ1) is 19.9. The van der Waals surface area contributed by atoms with Crippen LogP contribution in [0.5, 0.6) is 0 Å². The summed E-state index contributed by atoms with van der Waals surface area (Å²) in [5, 5.41) is 17.7. The lowest BCUT2D eigenvalue weighted by atomic mass is 10.1.